The summed E-state index contributed by atoms with van der Waals surface area (Å²) in [5.41, 5.74) is 2.35. The van der Waals surface area contributed by atoms with Gasteiger partial charge < -0.3 is 4.90 Å². The first-order valence-electron chi connectivity index (χ1n) is 7.24. The number of hydrogen-bond acceptors (Lipinski definition) is 3. The van der Waals surface area contributed by atoms with Crippen molar-refractivity contribution in [3.8, 4) is 0 Å². The summed E-state index contributed by atoms with van der Waals surface area (Å²) >= 11 is 12.3. The van der Waals surface area contributed by atoms with Crippen LogP contribution in [0.4, 0.5) is 0 Å². The van der Waals surface area contributed by atoms with Gasteiger partial charge in [-0.3, -0.25) is 9.88 Å². The fourth-order valence-corrected chi connectivity index (χ4v) is 2.66. The Labute approximate surface area is 142 Å². The summed E-state index contributed by atoms with van der Waals surface area (Å²) in [6.45, 7) is 3.63. The summed E-state index contributed by atoms with van der Waals surface area (Å²) in [5.74, 6) is 0. The quantitative estimate of drug-likeness (QED) is 0.762. The van der Waals surface area contributed by atoms with Crippen molar-refractivity contribution in [3.63, 3.8) is 0 Å². The van der Waals surface area contributed by atoms with Crippen LogP contribution in [-0.2, 0) is 13.1 Å². The number of benzene rings is 1. The Kier molecular flexibility index (Phi) is 6.65. The van der Waals surface area contributed by atoms with Crippen molar-refractivity contribution in [3.05, 3.63) is 63.9 Å². The smallest absolute Gasteiger partial charge is 0.0465 e. The first-order valence-corrected chi connectivity index (χ1v) is 8.00. The van der Waals surface area contributed by atoms with Gasteiger partial charge in [0, 0.05) is 48.6 Å². The van der Waals surface area contributed by atoms with Gasteiger partial charge in [0.25, 0.3) is 0 Å². The van der Waals surface area contributed by atoms with E-state index in [1.807, 2.05) is 36.7 Å². The Balaban J connectivity index is 2.09. The normalized spacial score (nSPS) is 11.4. The second kappa shape index (κ2) is 8.49. The maximum atomic E-state index is 6.31. The van der Waals surface area contributed by atoms with E-state index in [1.54, 1.807) is 6.07 Å². The van der Waals surface area contributed by atoms with Gasteiger partial charge in [-0.1, -0.05) is 29.3 Å². The lowest BCUT2D eigenvalue weighted by Crippen LogP contribution is -2.31. The Morgan fingerprint density at radius 3 is 2.32 bits per heavy atom. The maximum Gasteiger partial charge on any atom is 0.0465 e. The second-order valence-electron chi connectivity index (χ2n) is 5.61. The standard InChI is InChI=1S/C17H21Cl2N3/c1-21(2)9-10-22(12-14-5-7-20-8-6-14)13-15-3-4-16(18)11-17(15)19/h3-8,11H,9-10,12-13H2,1-2H3. The molecule has 0 unspecified atom stereocenters. The number of likely N-dealkylation sites (N-methyl/N-ethyl adjacent to an activating group) is 1. The molecule has 5 heteroatoms. The van der Waals surface area contributed by atoms with Gasteiger partial charge in [-0.15, -0.1) is 0 Å². The van der Waals surface area contributed by atoms with Gasteiger partial charge in [-0.25, -0.2) is 0 Å². The molecule has 0 aliphatic rings. The molecule has 0 saturated carbocycles. The third-order valence-electron chi connectivity index (χ3n) is 3.43. The van der Waals surface area contributed by atoms with Gasteiger partial charge in [-0.05, 0) is 49.5 Å². The van der Waals surface area contributed by atoms with Crippen LogP contribution < -0.4 is 0 Å². The molecule has 0 saturated heterocycles. The first-order chi connectivity index (χ1) is 10.5. The molecule has 1 aromatic heterocycles. The molecule has 2 rings (SSSR count). The number of rotatable bonds is 7. The van der Waals surface area contributed by atoms with Gasteiger partial charge in [0.2, 0.25) is 0 Å². The largest absolute Gasteiger partial charge is 0.308 e. The van der Waals surface area contributed by atoms with E-state index in [-0.39, 0.29) is 0 Å². The minimum Gasteiger partial charge on any atom is -0.308 e. The van der Waals surface area contributed by atoms with Crippen LogP contribution in [0.3, 0.4) is 0 Å². The van der Waals surface area contributed by atoms with Crippen molar-refractivity contribution >= 4 is 23.2 Å². The number of hydrogen-bond donors (Lipinski definition) is 0. The van der Waals surface area contributed by atoms with E-state index in [2.05, 4.69) is 28.9 Å². The zero-order valence-corrected chi connectivity index (χ0v) is 14.5. The lowest BCUT2D eigenvalue weighted by Gasteiger charge is -2.24. The van der Waals surface area contributed by atoms with Crippen LogP contribution in [-0.4, -0.2) is 42.0 Å². The molecule has 2 aromatic rings. The molecule has 3 nitrogen and oxygen atoms in total. The van der Waals surface area contributed by atoms with Crippen molar-refractivity contribution in [1.29, 1.82) is 0 Å². The van der Waals surface area contributed by atoms with Crippen LogP contribution in [0.5, 0.6) is 0 Å². The summed E-state index contributed by atoms with van der Waals surface area (Å²) < 4.78 is 0. The summed E-state index contributed by atoms with van der Waals surface area (Å²) in [6, 6.07) is 9.78. The monoisotopic (exact) mass is 337 g/mol. The number of halogens is 2. The van der Waals surface area contributed by atoms with E-state index in [0.717, 1.165) is 36.8 Å². The van der Waals surface area contributed by atoms with E-state index in [4.69, 9.17) is 23.2 Å². The molecule has 0 fully saturated rings. The molecule has 0 atom stereocenters. The predicted octanol–water partition coefficient (Wildman–Crippen LogP) is 3.95. The first kappa shape index (κ1) is 17.2. The van der Waals surface area contributed by atoms with E-state index in [1.165, 1.54) is 5.56 Å². The van der Waals surface area contributed by atoms with E-state index in [9.17, 15) is 0 Å². The SMILES string of the molecule is CN(C)CCN(Cc1ccncc1)Cc1ccc(Cl)cc1Cl. The van der Waals surface area contributed by atoms with Gasteiger partial charge >= 0.3 is 0 Å². The fourth-order valence-electron chi connectivity index (χ4n) is 2.19. The molecule has 0 aliphatic heterocycles. The molecule has 1 aromatic carbocycles. The third-order valence-corrected chi connectivity index (χ3v) is 4.01. The molecular formula is C17H21Cl2N3. The highest BCUT2D eigenvalue weighted by Gasteiger charge is 2.10. The number of nitrogens with zero attached hydrogens (tertiary/aromatic N) is 3. The molecule has 1 heterocycles. The fraction of sp³-hybridized carbons (Fsp3) is 0.353. The lowest BCUT2D eigenvalue weighted by atomic mass is 10.2. The molecule has 118 valence electrons. The molecule has 0 N–H and O–H groups in total. The minimum atomic E-state index is 0.669. The highest BCUT2D eigenvalue weighted by atomic mass is 35.5. The van der Waals surface area contributed by atoms with E-state index in [0.29, 0.717) is 5.02 Å². The molecule has 0 spiro atoms. The molecule has 0 bridgehead atoms. The van der Waals surface area contributed by atoms with Gasteiger partial charge in [-0.2, -0.15) is 0 Å². The molecule has 0 amide bonds. The van der Waals surface area contributed by atoms with E-state index < -0.39 is 0 Å². The Morgan fingerprint density at radius 1 is 0.955 bits per heavy atom. The van der Waals surface area contributed by atoms with Gasteiger partial charge in [0.1, 0.15) is 0 Å². The van der Waals surface area contributed by atoms with Gasteiger partial charge in [0.05, 0.1) is 0 Å². The summed E-state index contributed by atoms with van der Waals surface area (Å²) in [6.07, 6.45) is 3.66. The summed E-state index contributed by atoms with van der Waals surface area (Å²) in [5, 5.41) is 1.39. The van der Waals surface area contributed by atoms with Crippen molar-refractivity contribution in [2.24, 2.45) is 0 Å². The highest BCUT2D eigenvalue weighted by Crippen LogP contribution is 2.22. The van der Waals surface area contributed by atoms with Crippen molar-refractivity contribution < 1.29 is 0 Å². The lowest BCUT2D eigenvalue weighted by molar-refractivity contribution is 0.226. The van der Waals surface area contributed by atoms with Crippen LogP contribution in [0.2, 0.25) is 10.0 Å². The zero-order chi connectivity index (χ0) is 15.9. The number of pyridine rings is 1. The van der Waals surface area contributed by atoms with Crippen LogP contribution in [0, 0.1) is 0 Å². The minimum absolute atomic E-state index is 0.669. The summed E-state index contributed by atoms with van der Waals surface area (Å²) in [4.78, 5) is 8.64. The molecular weight excluding hydrogens is 317 g/mol. The molecule has 0 radical (unpaired) electrons. The molecule has 0 aliphatic carbocycles. The van der Waals surface area contributed by atoms with E-state index >= 15 is 0 Å². The predicted molar refractivity (Wildman–Crippen MR) is 93.4 cm³/mol. The third kappa shape index (κ3) is 5.58. The van der Waals surface area contributed by atoms with Crippen LogP contribution in [0.25, 0.3) is 0 Å². The maximum absolute atomic E-state index is 6.31. The van der Waals surface area contributed by atoms with Crippen molar-refractivity contribution in [2.45, 2.75) is 13.1 Å². The summed E-state index contributed by atoms with van der Waals surface area (Å²) in [7, 11) is 4.17. The van der Waals surface area contributed by atoms with Crippen molar-refractivity contribution in [2.75, 3.05) is 27.2 Å². The Bertz CT molecular complexity index is 588. The van der Waals surface area contributed by atoms with Crippen LogP contribution >= 0.6 is 23.2 Å². The zero-order valence-electron chi connectivity index (χ0n) is 13.0. The topological polar surface area (TPSA) is 19.4 Å². The Morgan fingerprint density at radius 2 is 1.68 bits per heavy atom. The van der Waals surface area contributed by atoms with Crippen LogP contribution in [0.1, 0.15) is 11.1 Å². The average Bonchev–Trinajstić information content (AvgIpc) is 2.48. The average molecular weight is 338 g/mol. The Hall–Kier alpha value is -1.13. The number of aromatic nitrogens is 1. The molecule has 22 heavy (non-hydrogen) atoms. The van der Waals surface area contributed by atoms with Crippen molar-refractivity contribution in [1.82, 2.24) is 14.8 Å². The van der Waals surface area contributed by atoms with Crippen LogP contribution in [0.15, 0.2) is 42.7 Å². The second-order valence-corrected chi connectivity index (χ2v) is 6.45. The van der Waals surface area contributed by atoms with Gasteiger partial charge in [0.15, 0.2) is 0 Å². The highest BCUT2D eigenvalue weighted by molar-refractivity contribution is 6.35.